The number of halogens is 5. The van der Waals surface area contributed by atoms with Crippen molar-refractivity contribution in [1.82, 2.24) is 0 Å². The molecule has 0 spiro atoms. The van der Waals surface area contributed by atoms with E-state index < -0.39 is 46.7 Å². The summed E-state index contributed by atoms with van der Waals surface area (Å²) in [6.07, 6.45) is -3.31. The Bertz CT molecular complexity index is 969. The highest BCUT2D eigenvalue weighted by atomic mass is 19.3. The first-order valence-electron chi connectivity index (χ1n) is 7.62. The lowest BCUT2D eigenvalue weighted by molar-refractivity contribution is -0.287. The first-order valence-corrected chi connectivity index (χ1v) is 7.62. The number of alkyl halides is 5. The van der Waals surface area contributed by atoms with Crippen LogP contribution in [0.2, 0.25) is 0 Å². The van der Waals surface area contributed by atoms with Crippen LogP contribution in [0.1, 0.15) is 34.8 Å². The number of aliphatic hydroxyl groups is 1. The molecule has 0 bridgehead atoms. The van der Waals surface area contributed by atoms with Gasteiger partial charge in [-0.1, -0.05) is 12.1 Å². The number of hydrogen-bond acceptors (Lipinski definition) is 3. The quantitative estimate of drug-likeness (QED) is 0.784. The Balaban J connectivity index is 1.92. The van der Waals surface area contributed by atoms with Gasteiger partial charge in [0.05, 0.1) is 5.56 Å². The zero-order chi connectivity index (χ0) is 18.9. The van der Waals surface area contributed by atoms with Crippen molar-refractivity contribution in [2.75, 3.05) is 0 Å². The lowest BCUT2D eigenvalue weighted by Crippen LogP contribution is -2.48. The van der Waals surface area contributed by atoms with Crippen LogP contribution >= 0.6 is 0 Å². The van der Waals surface area contributed by atoms with Crippen LogP contribution in [-0.2, 0) is 11.5 Å². The van der Waals surface area contributed by atoms with Crippen molar-refractivity contribution in [3.05, 3.63) is 58.7 Å². The second-order valence-electron chi connectivity index (χ2n) is 6.29. The second-order valence-corrected chi connectivity index (χ2v) is 6.29. The molecule has 0 aliphatic heterocycles. The van der Waals surface area contributed by atoms with Crippen LogP contribution in [0, 0.1) is 11.3 Å². The van der Waals surface area contributed by atoms with E-state index in [0.717, 1.165) is 6.07 Å². The van der Waals surface area contributed by atoms with E-state index >= 15 is 0 Å². The van der Waals surface area contributed by atoms with Crippen LogP contribution in [0.15, 0.2) is 36.4 Å². The van der Waals surface area contributed by atoms with Gasteiger partial charge in [-0.3, -0.25) is 0 Å². The van der Waals surface area contributed by atoms with Crippen molar-refractivity contribution in [1.29, 1.82) is 5.26 Å². The molecule has 2 atom stereocenters. The second kappa shape index (κ2) is 4.95. The van der Waals surface area contributed by atoms with E-state index in [2.05, 4.69) is 0 Å². The van der Waals surface area contributed by atoms with Gasteiger partial charge in [-0.15, -0.1) is 0 Å². The van der Waals surface area contributed by atoms with Gasteiger partial charge >= 0.3 is 11.8 Å². The van der Waals surface area contributed by atoms with E-state index in [1.54, 1.807) is 6.07 Å². The minimum absolute atomic E-state index is 0.0188. The van der Waals surface area contributed by atoms with Crippen LogP contribution in [0.25, 0.3) is 0 Å². The average Bonchev–Trinajstić information content (AvgIpc) is 2.93. The molecule has 134 valence electrons. The molecule has 0 heterocycles. The number of para-hydroxylation sites is 1. The Morgan fingerprint density at radius 2 is 1.77 bits per heavy atom. The molecule has 0 fully saturated rings. The standard InChI is InChI=1S/C18H10F5NO2/c19-11-7-16(25)15-10(17(20,21)18(16,22)23)5-6-13(14(11)15)26-12-4-2-1-3-9(12)8-24/h1-6,11,25H,7H2. The number of nitriles is 1. The zero-order valence-corrected chi connectivity index (χ0v) is 12.9. The van der Waals surface area contributed by atoms with E-state index in [0.29, 0.717) is 6.07 Å². The molecule has 0 radical (unpaired) electrons. The summed E-state index contributed by atoms with van der Waals surface area (Å²) in [5.74, 6) is -9.75. The molecular weight excluding hydrogens is 357 g/mol. The van der Waals surface area contributed by atoms with Crippen LogP contribution < -0.4 is 4.74 Å². The average molecular weight is 367 g/mol. The van der Waals surface area contributed by atoms with Gasteiger partial charge in [-0.05, 0) is 24.3 Å². The molecule has 2 aliphatic rings. The Labute approximate surface area is 144 Å². The molecule has 4 rings (SSSR count). The fraction of sp³-hybridized carbons (Fsp3) is 0.278. The van der Waals surface area contributed by atoms with Gasteiger partial charge in [0.2, 0.25) is 0 Å². The maximum atomic E-state index is 14.5. The van der Waals surface area contributed by atoms with Gasteiger partial charge in [0.25, 0.3) is 0 Å². The third kappa shape index (κ3) is 1.78. The van der Waals surface area contributed by atoms with E-state index in [9.17, 15) is 27.1 Å². The molecule has 26 heavy (non-hydrogen) atoms. The van der Waals surface area contributed by atoms with Crippen LogP contribution in [0.3, 0.4) is 0 Å². The number of nitrogens with zero attached hydrogens (tertiary/aromatic N) is 1. The molecule has 3 nitrogen and oxygen atoms in total. The summed E-state index contributed by atoms with van der Waals surface area (Å²) in [7, 11) is 0. The maximum absolute atomic E-state index is 14.5. The van der Waals surface area contributed by atoms with Gasteiger partial charge in [0.15, 0.2) is 5.60 Å². The topological polar surface area (TPSA) is 53.2 Å². The molecule has 2 aromatic carbocycles. The fourth-order valence-corrected chi connectivity index (χ4v) is 3.65. The van der Waals surface area contributed by atoms with Gasteiger partial charge in [-0.2, -0.15) is 22.8 Å². The third-order valence-electron chi connectivity index (χ3n) is 4.89. The Morgan fingerprint density at radius 3 is 2.46 bits per heavy atom. The van der Waals surface area contributed by atoms with Gasteiger partial charge in [0, 0.05) is 23.1 Å². The molecule has 2 unspecified atom stereocenters. The highest BCUT2D eigenvalue weighted by Crippen LogP contribution is 2.68. The van der Waals surface area contributed by atoms with Gasteiger partial charge < -0.3 is 9.84 Å². The minimum Gasteiger partial charge on any atom is -0.456 e. The minimum atomic E-state index is -4.85. The fourth-order valence-electron chi connectivity index (χ4n) is 3.65. The van der Waals surface area contributed by atoms with Crippen molar-refractivity contribution >= 4 is 0 Å². The molecule has 2 aromatic rings. The highest BCUT2D eigenvalue weighted by molar-refractivity contribution is 5.60. The summed E-state index contributed by atoms with van der Waals surface area (Å²) in [6.45, 7) is 0. The molecule has 0 aromatic heterocycles. The Kier molecular flexibility index (Phi) is 3.20. The largest absolute Gasteiger partial charge is 0.456 e. The van der Waals surface area contributed by atoms with Crippen molar-refractivity contribution in [3.63, 3.8) is 0 Å². The smallest absolute Gasteiger partial charge is 0.346 e. The normalized spacial score (nSPS) is 27.0. The van der Waals surface area contributed by atoms with Crippen molar-refractivity contribution in [2.24, 2.45) is 0 Å². The zero-order valence-electron chi connectivity index (χ0n) is 12.9. The van der Waals surface area contributed by atoms with Crippen molar-refractivity contribution in [3.8, 4) is 17.6 Å². The number of ether oxygens (including phenoxy) is 1. The number of benzene rings is 2. The van der Waals surface area contributed by atoms with Gasteiger partial charge in [-0.25, -0.2) is 4.39 Å². The summed E-state index contributed by atoms with van der Waals surface area (Å²) < 4.78 is 76.6. The molecule has 0 saturated heterocycles. The molecule has 8 heteroatoms. The van der Waals surface area contributed by atoms with Crippen molar-refractivity contribution in [2.45, 2.75) is 30.0 Å². The number of rotatable bonds is 2. The predicted molar refractivity (Wildman–Crippen MR) is 78.9 cm³/mol. The van der Waals surface area contributed by atoms with E-state index in [-0.39, 0.29) is 17.1 Å². The van der Waals surface area contributed by atoms with Crippen LogP contribution in [0.4, 0.5) is 22.0 Å². The summed E-state index contributed by atoms with van der Waals surface area (Å²) >= 11 is 0. The van der Waals surface area contributed by atoms with Gasteiger partial charge in [0.1, 0.15) is 23.7 Å². The molecule has 2 aliphatic carbocycles. The number of hydrogen-bond donors (Lipinski definition) is 1. The summed E-state index contributed by atoms with van der Waals surface area (Å²) in [6, 6.07) is 9.43. The SMILES string of the molecule is N#Cc1ccccc1Oc1ccc2c3c1C(F)CC3(O)C(F)(F)C2(F)F. The monoisotopic (exact) mass is 367 g/mol. The maximum Gasteiger partial charge on any atom is 0.346 e. The predicted octanol–water partition coefficient (Wildman–Crippen LogP) is 4.69. The third-order valence-corrected chi connectivity index (χ3v) is 4.89. The highest BCUT2D eigenvalue weighted by Gasteiger charge is 2.79. The van der Waals surface area contributed by atoms with E-state index in [1.165, 1.54) is 18.2 Å². The first kappa shape index (κ1) is 16.8. The molecule has 0 amide bonds. The Hall–Kier alpha value is -2.66. The molecule has 0 saturated carbocycles. The summed E-state index contributed by atoms with van der Waals surface area (Å²) in [4.78, 5) is 0. The van der Waals surface area contributed by atoms with E-state index in [4.69, 9.17) is 10.00 Å². The summed E-state index contributed by atoms with van der Waals surface area (Å²) in [5.41, 5.74) is -5.68. The lowest BCUT2D eigenvalue weighted by atomic mass is 9.95. The molecule has 1 N–H and O–H groups in total. The summed E-state index contributed by atoms with van der Waals surface area (Å²) in [5, 5.41) is 19.3. The molecular formula is C18H10F5NO2. The van der Waals surface area contributed by atoms with Crippen LogP contribution in [-0.4, -0.2) is 11.0 Å². The Morgan fingerprint density at radius 1 is 1.08 bits per heavy atom. The first-order chi connectivity index (χ1) is 12.1. The van der Waals surface area contributed by atoms with E-state index in [1.807, 2.05) is 6.07 Å². The van der Waals surface area contributed by atoms with Crippen LogP contribution in [0.5, 0.6) is 11.5 Å². The van der Waals surface area contributed by atoms with Crippen molar-refractivity contribution < 1.29 is 31.8 Å². The lowest BCUT2D eigenvalue weighted by Gasteiger charge is -2.30.